The zero-order chi connectivity index (χ0) is 22.2. The molecule has 1 saturated carbocycles. The van der Waals surface area contributed by atoms with Crippen LogP contribution >= 0.6 is 15.9 Å². The van der Waals surface area contributed by atoms with Crippen molar-refractivity contribution < 1.29 is 19.1 Å². The van der Waals surface area contributed by atoms with E-state index in [-0.39, 0.29) is 36.4 Å². The molecule has 0 bridgehead atoms. The molecule has 1 aromatic carbocycles. The lowest BCUT2D eigenvalue weighted by Crippen LogP contribution is -2.64. The number of amides is 2. The molecule has 1 atom stereocenters. The van der Waals surface area contributed by atoms with Gasteiger partial charge in [-0.15, -0.1) is 0 Å². The molecule has 1 aliphatic carbocycles. The first-order valence-corrected chi connectivity index (χ1v) is 11.1. The van der Waals surface area contributed by atoms with Crippen LogP contribution in [0.2, 0.25) is 0 Å². The maximum atomic E-state index is 13.7. The fourth-order valence-corrected chi connectivity index (χ4v) is 4.80. The minimum Gasteiger partial charge on any atom is -0.464 e. The topological polar surface area (TPSA) is 93.5 Å². The number of ether oxygens (including phenoxy) is 1. The summed E-state index contributed by atoms with van der Waals surface area (Å²) in [6.45, 7) is 2.18. The number of hydrogen-bond acceptors (Lipinski definition) is 5. The molecule has 4 rings (SSSR count). The predicted octanol–water partition coefficient (Wildman–Crippen LogP) is 2.91. The van der Waals surface area contributed by atoms with E-state index in [1.54, 1.807) is 16.4 Å². The third-order valence-electron chi connectivity index (χ3n) is 6.20. The van der Waals surface area contributed by atoms with E-state index in [0.717, 1.165) is 35.7 Å². The first-order valence-electron chi connectivity index (χ1n) is 10.3. The SMILES string of the molecule is COC(=O)c1ncn2c1C(=O)N(Cc1ccccc1Br)C(C)(C(=O)NC1CCCC1)C2. The molecule has 1 N–H and O–H groups in total. The normalized spacial score (nSPS) is 21.1. The number of hydrogen-bond donors (Lipinski definition) is 1. The molecule has 164 valence electrons. The highest BCUT2D eigenvalue weighted by molar-refractivity contribution is 9.10. The number of fused-ring (bicyclic) bond motifs is 1. The fraction of sp³-hybridized carbons (Fsp3) is 0.455. The Kier molecular flexibility index (Phi) is 5.88. The van der Waals surface area contributed by atoms with Crippen molar-refractivity contribution in [3.8, 4) is 0 Å². The Labute approximate surface area is 189 Å². The number of rotatable bonds is 5. The van der Waals surface area contributed by atoms with Crippen LogP contribution in [0.25, 0.3) is 0 Å². The number of carbonyl (C=O) groups is 3. The first-order chi connectivity index (χ1) is 14.8. The van der Waals surface area contributed by atoms with Crippen molar-refractivity contribution in [3.05, 3.63) is 52.0 Å². The minimum atomic E-state index is -1.14. The predicted molar refractivity (Wildman–Crippen MR) is 116 cm³/mol. The Bertz CT molecular complexity index is 1030. The lowest BCUT2D eigenvalue weighted by Gasteiger charge is -2.44. The standard InChI is InChI=1S/C22H25BrN4O4/c1-22(21(30)25-15-8-4-5-9-15)12-26-13-24-17(20(29)31-2)18(26)19(28)27(22)11-14-7-3-6-10-16(14)23/h3,6-7,10,13,15H,4-5,8-9,11-12H2,1-2H3,(H,25,30). The molecular weight excluding hydrogens is 464 g/mol. The molecule has 9 heteroatoms. The lowest BCUT2D eigenvalue weighted by atomic mass is 9.93. The average Bonchev–Trinajstić information content (AvgIpc) is 3.41. The first kappa shape index (κ1) is 21.5. The van der Waals surface area contributed by atoms with Crippen LogP contribution in [0.15, 0.2) is 35.1 Å². The van der Waals surface area contributed by atoms with E-state index in [4.69, 9.17) is 4.74 Å². The van der Waals surface area contributed by atoms with Gasteiger partial charge >= 0.3 is 5.97 Å². The van der Waals surface area contributed by atoms with E-state index in [1.807, 2.05) is 24.3 Å². The lowest BCUT2D eigenvalue weighted by molar-refractivity contribution is -0.134. The van der Waals surface area contributed by atoms with Crippen molar-refractivity contribution in [3.63, 3.8) is 0 Å². The van der Waals surface area contributed by atoms with Gasteiger partial charge in [0, 0.05) is 17.1 Å². The van der Waals surface area contributed by atoms with Crippen LogP contribution in [-0.2, 0) is 22.6 Å². The zero-order valence-corrected chi connectivity index (χ0v) is 19.1. The van der Waals surface area contributed by atoms with Gasteiger partial charge in [0.15, 0.2) is 5.69 Å². The number of imidazole rings is 1. The summed E-state index contributed by atoms with van der Waals surface area (Å²) in [6.07, 6.45) is 5.51. The maximum Gasteiger partial charge on any atom is 0.359 e. The molecule has 2 aromatic rings. The molecule has 1 unspecified atom stereocenters. The Morgan fingerprint density at radius 3 is 2.68 bits per heavy atom. The highest BCUT2D eigenvalue weighted by Gasteiger charge is 2.49. The minimum absolute atomic E-state index is 0.0390. The molecular formula is C22H25BrN4O4. The van der Waals surface area contributed by atoms with Crippen LogP contribution in [-0.4, -0.2) is 50.9 Å². The van der Waals surface area contributed by atoms with Crippen LogP contribution < -0.4 is 5.32 Å². The third kappa shape index (κ3) is 3.86. The van der Waals surface area contributed by atoms with Crippen LogP contribution in [0.4, 0.5) is 0 Å². The highest BCUT2D eigenvalue weighted by atomic mass is 79.9. The number of nitrogens with one attached hydrogen (secondary N) is 1. The van der Waals surface area contributed by atoms with Crippen molar-refractivity contribution in [2.24, 2.45) is 0 Å². The Balaban J connectivity index is 1.75. The van der Waals surface area contributed by atoms with Gasteiger partial charge in [0.2, 0.25) is 5.91 Å². The summed E-state index contributed by atoms with van der Waals surface area (Å²) in [5.74, 6) is -1.30. The molecule has 1 fully saturated rings. The summed E-state index contributed by atoms with van der Waals surface area (Å²) in [4.78, 5) is 45.0. The summed E-state index contributed by atoms with van der Waals surface area (Å²) in [7, 11) is 1.25. The van der Waals surface area contributed by atoms with Crippen LogP contribution in [0.5, 0.6) is 0 Å². The van der Waals surface area contributed by atoms with Gasteiger partial charge in [0.1, 0.15) is 11.2 Å². The molecule has 0 radical (unpaired) electrons. The van der Waals surface area contributed by atoms with Gasteiger partial charge in [-0.3, -0.25) is 9.59 Å². The van der Waals surface area contributed by atoms with Crippen LogP contribution in [0.1, 0.15) is 59.1 Å². The number of aromatic nitrogens is 2. The molecule has 0 spiro atoms. The van der Waals surface area contributed by atoms with E-state index in [0.29, 0.717) is 0 Å². The van der Waals surface area contributed by atoms with Crippen LogP contribution in [0, 0.1) is 0 Å². The third-order valence-corrected chi connectivity index (χ3v) is 6.98. The Hall–Kier alpha value is -2.68. The van der Waals surface area contributed by atoms with Crippen molar-refractivity contribution in [2.45, 2.75) is 57.3 Å². The molecule has 2 aliphatic rings. The monoisotopic (exact) mass is 488 g/mol. The van der Waals surface area contributed by atoms with Crippen molar-refractivity contribution >= 4 is 33.7 Å². The van der Waals surface area contributed by atoms with E-state index in [1.165, 1.54) is 13.4 Å². The maximum absolute atomic E-state index is 13.7. The summed E-state index contributed by atoms with van der Waals surface area (Å²) in [5.41, 5.74) is -0.174. The molecule has 0 saturated heterocycles. The zero-order valence-electron chi connectivity index (χ0n) is 17.6. The molecule has 1 aliphatic heterocycles. The fourth-order valence-electron chi connectivity index (χ4n) is 4.39. The Morgan fingerprint density at radius 1 is 1.29 bits per heavy atom. The van der Waals surface area contributed by atoms with Gasteiger partial charge in [0.05, 0.1) is 20.0 Å². The largest absolute Gasteiger partial charge is 0.464 e. The average molecular weight is 489 g/mol. The molecule has 31 heavy (non-hydrogen) atoms. The van der Waals surface area contributed by atoms with Gasteiger partial charge < -0.3 is 19.5 Å². The second kappa shape index (κ2) is 8.45. The van der Waals surface area contributed by atoms with Gasteiger partial charge in [-0.2, -0.15) is 0 Å². The summed E-state index contributed by atoms with van der Waals surface area (Å²) >= 11 is 3.53. The number of carbonyl (C=O) groups excluding carboxylic acids is 3. The van der Waals surface area contributed by atoms with Gasteiger partial charge in [-0.25, -0.2) is 9.78 Å². The van der Waals surface area contributed by atoms with E-state index in [2.05, 4.69) is 26.2 Å². The van der Waals surface area contributed by atoms with Crippen molar-refractivity contribution in [2.75, 3.05) is 7.11 Å². The second-order valence-corrected chi connectivity index (χ2v) is 9.13. The highest BCUT2D eigenvalue weighted by Crippen LogP contribution is 2.32. The number of nitrogens with zero attached hydrogens (tertiary/aromatic N) is 3. The Morgan fingerprint density at radius 2 is 2.00 bits per heavy atom. The number of benzene rings is 1. The number of esters is 1. The van der Waals surface area contributed by atoms with Gasteiger partial charge in [0.25, 0.3) is 5.91 Å². The molecule has 2 amide bonds. The van der Waals surface area contributed by atoms with Crippen LogP contribution in [0.3, 0.4) is 0 Å². The summed E-state index contributed by atoms with van der Waals surface area (Å²) in [6, 6.07) is 7.69. The van der Waals surface area contributed by atoms with Crippen molar-refractivity contribution in [1.29, 1.82) is 0 Å². The van der Waals surface area contributed by atoms with E-state index >= 15 is 0 Å². The number of methoxy groups -OCH3 is 1. The number of halogens is 1. The smallest absolute Gasteiger partial charge is 0.359 e. The molecule has 1 aromatic heterocycles. The quantitative estimate of drug-likeness (QED) is 0.653. The second-order valence-electron chi connectivity index (χ2n) is 8.27. The van der Waals surface area contributed by atoms with Gasteiger partial charge in [-0.05, 0) is 31.4 Å². The molecule has 8 nitrogen and oxygen atoms in total. The van der Waals surface area contributed by atoms with Crippen molar-refractivity contribution in [1.82, 2.24) is 19.8 Å². The van der Waals surface area contributed by atoms with Gasteiger partial charge in [-0.1, -0.05) is 47.0 Å². The summed E-state index contributed by atoms with van der Waals surface area (Å²) in [5, 5.41) is 3.14. The molecule has 2 heterocycles. The van der Waals surface area contributed by atoms with E-state index in [9.17, 15) is 14.4 Å². The van der Waals surface area contributed by atoms with E-state index < -0.39 is 17.4 Å². The summed E-state index contributed by atoms with van der Waals surface area (Å²) < 4.78 is 7.22.